The van der Waals surface area contributed by atoms with E-state index in [1.54, 1.807) is 6.92 Å². The highest BCUT2D eigenvalue weighted by Crippen LogP contribution is 2.38. The van der Waals surface area contributed by atoms with Crippen LogP contribution in [0.4, 0.5) is 0 Å². The van der Waals surface area contributed by atoms with E-state index in [2.05, 4.69) is 0 Å². The molecule has 2 aromatic carbocycles. The van der Waals surface area contributed by atoms with Gasteiger partial charge in [0.15, 0.2) is 18.1 Å². The monoisotopic (exact) mass is 514 g/mol. The molecule has 0 unspecified atom stereocenters. The first-order valence-corrected chi connectivity index (χ1v) is 11.5. The quantitative estimate of drug-likeness (QED) is 0.460. The zero-order valence-corrected chi connectivity index (χ0v) is 20.5. The van der Waals surface area contributed by atoms with Crippen molar-refractivity contribution in [1.29, 1.82) is 0 Å². The highest BCUT2D eigenvalue weighted by Gasteiger charge is 2.47. The van der Waals surface area contributed by atoms with Crippen LogP contribution < -0.4 is 4.74 Å². The van der Waals surface area contributed by atoms with Crippen LogP contribution in [-0.4, -0.2) is 72.3 Å². The van der Waals surface area contributed by atoms with E-state index >= 15 is 0 Å². The zero-order chi connectivity index (χ0) is 25.0. The fourth-order valence-corrected chi connectivity index (χ4v) is 4.19. The Bertz CT molecular complexity index is 995. The molecular weight excluding hydrogens is 487 g/mol. The number of rotatable bonds is 8. The third-order valence-electron chi connectivity index (χ3n) is 5.70. The van der Waals surface area contributed by atoms with Crippen molar-refractivity contribution in [2.45, 2.75) is 51.0 Å². The molecule has 1 saturated heterocycles. The molecule has 1 fully saturated rings. The Morgan fingerprint density at radius 2 is 1.79 bits per heavy atom. The maximum absolute atomic E-state index is 12.9. The van der Waals surface area contributed by atoms with Gasteiger partial charge in [-0.15, -0.1) is 0 Å². The summed E-state index contributed by atoms with van der Waals surface area (Å²) in [6.07, 6.45) is -6.02. The van der Waals surface area contributed by atoms with Gasteiger partial charge < -0.3 is 34.3 Å². The maximum Gasteiger partial charge on any atom is 0.339 e. The summed E-state index contributed by atoms with van der Waals surface area (Å²) in [5.74, 6) is -0.599. The molecule has 1 heterocycles. The van der Waals surface area contributed by atoms with E-state index in [-0.39, 0.29) is 21.4 Å². The molecule has 3 N–H and O–H groups in total. The van der Waals surface area contributed by atoms with Crippen molar-refractivity contribution >= 4 is 29.2 Å². The molecule has 0 aliphatic carbocycles. The molecule has 34 heavy (non-hydrogen) atoms. The van der Waals surface area contributed by atoms with Crippen LogP contribution in [0.15, 0.2) is 30.3 Å². The van der Waals surface area contributed by atoms with Crippen LogP contribution in [0.5, 0.6) is 5.75 Å². The molecule has 0 saturated carbocycles. The summed E-state index contributed by atoms with van der Waals surface area (Å²) in [6, 6.07) is 9.44. The van der Waals surface area contributed by atoms with Gasteiger partial charge in [0.05, 0.1) is 28.8 Å². The van der Waals surface area contributed by atoms with Crippen LogP contribution in [0.2, 0.25) is 10.0 Å². The van der Waals surface area contributed by atoms with Crippen molar-refractivity contribution in [2.75, 3.05) is 20.3 Å². The second-order valence-corrected chi connectivity index (χ2v) is 8.86. The minimum atomic E-state index is -1.55. The number of hydrogen-bond acceptors (Lipinski definition) is 8. The largest absolute Gasteiger partial charge is 0.490 e. The lowest BCUT2D eigenvalue weighted by atomic mass is 9.99. The lowest BCUT2D eigenvalue weighted by Gasteiger charge is -2.40. The summed E-state index contributed by atoms with van der Waals surface area (Å²) < 4.78 is 21.7. The third kappa shape index (κ3) is 5.83. The predicted molar refractivity (Wildman–Crippen MR) is 126 cm³/mol. The number of carbonyl (C=O) groups excluding carboxylic acids is 1. The number of halogens is 2. The van der Waals surface area contributed by atoms with Crippen LogP contribution in [0.25, 0.3) is 0 Å². The number of aryl methyl sites for hydroxylation is 1. The van der Waals surface area contributed by atoms with E-state index in [0.29, 0.717) is 18.6 Å². The molecule has 2 aromatic rings. The number of ether oxygens (including phenoxy) is 4. The molecule has 3 rings (SSSR count). The maximum atomic E-state index is 12.9. The molecular formula is C24H28Cl2O8. The van der Waals surface area contributed by atoms with Crippen molar-refractivity contribution in [3.8, 4) is 5.75 Å². The predicted octanol–water partition coefficient (Wildman–Crippen LogP) is 2.84. The smallest absolute Gasteiger partial charge is 0.339 e. The Hall–Kier alpha value is -1.91. The second kappa shape index (κ2) is 11.7. The zero-order valence-electron chi connectivity index (χ0n) is 19.0. The highest BCUT2D eigenvalue weighted by molar-refractivity contribution is 6.38. The Balaban J connectivity index is 1.73. The normalized spacial score (nSPS) is 24.6. The van der Waals surface area contributed by atoms with E-state index in [9.17, 15) is 20.1 Å². The average molecular weight is 515 g/mol. The Kier molecular flexibility index (Phi) is 9.17. The standard InChI is InChI=1S/C24H28Cl2O8/c1-12-4-6-14(7-5-12)8-9-32-21-16(25)10-15(13(2)18(21)26)23(30)34-22-20(29)19(28)17(11-27)33-24(22)31-3/h4-7,10,17,19-20,22,24,27-29H,8-9,11H2,1-3H3/t17-,19-,20+,22-,24+/m1/s1. The molecule has 8 nitrogen and oxygen atoms in total. The van der Waals surface area contributed by atoms with E-state index in [1.165, 1.54) is 18.7 Å². The summed E-state index contributed by atoms with van der Waals surface area (Å²) in [5, 5.41) is 30.1. The third-order valence-corrected chi connectivity index (χ3v) is 6.43. The summed E-state index contributed by atoms with van der Waals surface area (Å²) in [7, 11) is 1.28. The van der Waals surface area contributed by atoms with Crippen molar-refractivity contribution in [1.82, 2.24) is 0 Å². The molecule has 10 heteroatoms. The van der Waals surface area contributed by atoms with E-state index in [0.717, 1.165) is 5.56 Å². The molecule has 0 radical (unpaired) electrons. The minimum Gasteiger partial charge on any atom is -0.490 e. The van der Waals surface area contributed by atoms with Gasteiger partial charge in [-0.3, -0.25) is 0 Å². The number of aliphatic hydroxyl groups is 3. The van der Waals surface area contributed by atoms with Crippen LogP contribution in [-0.2, 0) is 20.6 Å². The number of hydrogen-bond donors (Lipinski definition) is 3. The summed E-state index contributed by atoms with van der Waals surface area (Å²) in [6.45, 7) is 3.41. The van der Waals surface area contributed by atoms with Gasteiger partial charge in [-0.1, -0.05) is 53.0 Å². The Morgan fingerprint density at radius 1 is 1.12 bits per heavy atom. The van der Waals surface area contributed by atoms with Crippen molar-refractivity contribution in [2.24, 2.45) is 0 Å². The van der Waals surface area contributed by atoms with Gasteiger partial charge in [0.1, 0.15) is 18.3 Å². The number of carbonyl (C=O) groups is 1. The summed E-state index contributed by atoms with van der Waals surface area (Å²) in [5.41, 5.74) is 2.69. The van der Waals surface area contributed by atoms with Crippen molar-refractivity contribution < 1.29 is 39.1 Å². The first-order chi connectivity index (χ1) is 16.2. The number of benzene rings is 2. The first kappa shape index (κ1) is 26.7. The highest BCUT2D eigenvalue weighted by atomic mass is 35.5. The molecule has 0 amide bonds. The van der Waals surface area contributed by atoms with Gasteiger partial charge in [0, 0.05) is 13.5 Å². The van der Waals surface area contributed by atoms with Crippen molar-refractivity contribution in [3.05, 3.63) is 62.6 Å². The summed E-state index contributed by atoms with van der Waals surface area (Å²) >= 11 is 12.8. The second-order valence-electron chi connectivity index (χ2n) is 8.07. The Morgan fingerprint density at radius 3 is 2.41 bits per heavy atom. The fraction of sp³-hybridized carbons (Fsp3) is 0.458. The van der Waals surface area contributed by atoms with Gasteiger partial charge in [-0.2, -0.15) is 0 Å². The average Bonchev–Trinajstić information content (AvgIpc) is 2.82. The van der Waals surface area contributed by atoms with Gasteiger partial charge >= 0.3 is 5.97 Å². The molecule has 5 atom stereocenters. The van der Waals surface area contributed by atoms with Crippen LogP contribution in [0.1, 0.15) is 27.0 Å². The first-order valence-electron chi connectivity index (χ1n) is 10.7. The topological polar surface area (TPSA) is 115 Å². The molecule has 0 aromatic heterocycles. The van der Waals surface area contributed by atoms with Gasteiger partial charge in [-0.05, 0) is 31.0 Å². The van der Waals surface area contributed by atoms with E-state index < -0.39 is 43.3 Å². The minimum absolute atomic E-state index is 0.0571. The van der Waals surface area contributed by atoms with E-state index in [1.807, 2.05) is 31.2 Å². The molecule has 0 bridgehead atoms. The van der Waals surface area contributed by atoms with E-state index in [4.69, 9.17) is 42.1 Å². The van der Waals surface area contributed by atoms with Gasteiger partial charge in [0.25, 0.3) is 0 Å². The number of esters is 1. The lowest BCUT2D eigenvalue weighted by molar-refractivity contribution is -0.293. The van der Waals surface area contributed by atoms with Crippen LogP contribution in [0, 0.1) is 13.8 Å². The van der Waals surface area contributed by atoms with Crippen LogP contribution >= 0.6 is 23.2 Å². The number of aliphatic hydroxyl groups excluding tert-OH is 3. The summed E-state index contributed by atoms with van der Waals surface area (Å²) in [4.78, 5) is 12.9. The molecule has 1 aliphatic heterocycles. The lowest BCUT2D eigenvalue weighted by Crippen LogP contribution is -2.60. The van der Waals surface area contributed by atoms with Gasteiger partial charge in [-0.25, -0.2) is 4.79 Å². The SMILES string of the molecule is CO[C@H]1O[C@H](CO)[C@@H](O)[C@H](O)[C@H]1OC(=O)c1cc(Cl)c(OCCc2ccc(C)cc2)c(Cl)c1C. The fourth-order valence-electron chi connectivity index (χ4n) is 3.62. The Labute approximate surface area is 207 Å². The molecule has 186 valence electrons. The van der Waals surface area contributed by atoms with Crippen LogP contribution in [0.3, 0.4) is 0 Å². The molecule has 1 aliphatic rings. The molecule has 0 spiro atoms. The number of methoxy groups -OCH3 is 1. The van der Waals surface area contributed by atoms with Gasteiger partial charge in [0.2, 0.25) is 0 Å². The van der Waals surface area contributed by atoms with Crippen molar-refractivity contribution in [3.63, 3.8) is 0 Å².